The van der Waals surface area contributed by atoms with Crippen LogP contribution in [0.1, 0.15) is 20.3 Å². The summed E-state index contributed by atoms with van der Waals surface area (Å²) in [5.74, 6) is -0.341. The number of hydrogen-bond acceptors (Lipinski definition) is 4. The fourth-order valence-electron chi connectivity index (χ4n) is 1.30. The number of carbonyl (C=O) groups excluding carboxylic acids is 2. The zero-order valence-electron chi connectivity index (χ0n) is 8.49. The summed E-state index contributed by atoms with van der Waals surface area (Å²) in [6, 6.07) is -0.436. The fraction of sp³-hybridized carbons (Fsp3) is 0.778. The summed E-state index contributed by atoms with van der Waals surface area (Å²) in [6.07, 6.45) is 0.231. The molecule has 1 aliphatic heterocycles. The molecule has 0 aromatic rings. The second-order valence-electron chi connectivity index (χ2n) is 2.95. The SMILES string of the molecule is CCOC(=O)C1CCN1C(=O)OCC. The molecule has 1 aliphatic rings. The monoisotopic (exact) mass is 201 g/mol. The normalized spacial score (nSPS) is 19.9. The van der Waals surface area contributed by atoms with E-state index >= 15 is 0 Å². The van der Waals surface area contributed by atoms with Crippen molar-refractivity contribution in [3.8, 4) is 0 Å². The Morgan fingerprint density at radius 2 is 1.93 bits per heavy atom. The first-order chi connectivity index (χ1) is 6.70. The van der Waals surface area contributed by atoms with Gasteiger partial charge in [0.15, 0.2) is 0 Å². The predicted molar refractivity (Wildman–Crippen MR) is 48.8 cm³/mol. The molecule has 5 heteroatoms. The van der Waals surface area contributed by atoms with Crippen molar-refractivity contribution in [2.24, 2.45) is 0 Å². The van der Waals surface area contributed by atoms with Gasteiger partial charge in [-0.05, 0) is 20.3 Å². The topological polar surface area (TPSA) is 55.8 Å². The number of esters is 1. The van der Waals surface area contributed by atoms with Gasteiger partial charge in [-0.3, -0.25) is 4.90 Å². The summed E-state index contributed by atoms with van der Waals surface area (Å²) >= 11 is 0. The van der Waals surface area contributed by atoms with Gasteiger partial charge < -0.3 is 9.47 Å². The van der Waals surface area contributed by atoms with Crippen molar-refractivity contribution in [2.75, 3.05) is 19.8 Å². The van der Waals surface area contributed by atoms with Gasteiger partial charge in [-0.1, -0.05) is 0 Å². The maximum absolute atomic E-state index is 11.3. The van der Waals surface area contributed by atoms with Crippen LogP contribution in [0.4, 0.5) is 4.79 Å². The third-order valence-corrected chi connectivity index (χ3v) is 2.08. The maximum Gasteiger partial charge on any atom is 0.410 e. The Labute approximate surface area is 83.0 Å². The molecule has 1 saturated heterocycles. The number of likely N-dealkylation sites (tertiary alicyclic amines) is 1. The van der Waals surface area contributed by atoms with Crippen LogP contribution in [0.2, 0.25) is 0 Å². The lowest BCUT2D eigenvalue weighted by atomic mass is 10.0. The summed E-state index contributed by atoms with van der Waals surface area (Å²) in [7, 11) is 0. The van der Waals surface area contributed by atoms with Gasteiger partial charge in [0, 0.05) is 6.54 Å². The molecule has 1 unspecified atom stereocenters. The molecule has 80 valence electrons. The highest BCUT2D eigenvalue weighted by molar-refractivity contribution is 5.83. The van der Waals surface area contributed by atoms with Crippen LogP contribution in [0.5, 0.6) is 0 Å². The van der Waals surface area contributed by atoms with E-state index in [2.05, 4.69) is 0 Å². The highest BCUT2D eigenvalue weighted by Gasteiger charge is 2.39. The molecular formula is C9H15NO4. The highest BCUT2D eigenvalue weighted by Crippen LogP contribution is 2.19. The van der Waals surface area contributed by atoms with E-state index in [-0.39, 0.29) is 5.97 Å². The molecule has 1 fully saturated rings. The average molecular weight is 201 g/mol. The molecule has 0 aromatic heterocycles. The minimum absolute atomic E-state index is 0.324. The first-order valence-electron chi connectivity index (χ1n) is 4.80. The minimum atomic E-state index is -0.436. The van der Waals surface area contributed by atoms with E-state index in [4.69, 9.17) is 9.47 Å². The van der Waals surface area contributed by atoms with Gasteiger partial charge in [0.2, 0.25) is 0 Å². The largest absolute Gasteiger partial charge is 0.464 e. The second-order valence-corrected chi connectivity index (χ2v) is 2.95. The Bertz CT molecular complexity index is 205. The molecule has 14 heavy (non-hydrogen) atoms. The number of amides is 1. The van der Waals surface area contributed by atoms with Gasteiger partial charge in [0.05, 0.1) is 13.2 Å². The van der Waals surface area contributed by atoms with Gasteiger partial charge in [-0.25, -0.2) is 9.59 Å². The van der Waals surface area contributed by atoms with Crippen molar-refractivity contribution in [3.05, 3.63) is 0 Å². The van der Waals surface area contributed by atoms with Crippen LogP contribution in [0.25, 0.3) is 0 Å². The van der Waals surface area contributed by atoms with Crippen molar-refractivity contribution in [1.29, 1.82) is 0 Å². The summed E-state index contributed by atoms with van der Waals surface area (Å²) < 4.78 is 9.60. The van der Waals surface area contributed by atoms with E-state index in [0.29, 0.717) is 26.2 Å². The number of hydrogen-bond donors (Lipinski definition) is 0. The molecule has 0 aromatic carbocycles. The molecule has 0 saturated carbocycles. The first-order valence-corrected chi connectivity index (χ1v) is 4.80. The van der Waals surface area contributed by atoms with Crippen LogP contribution in [0.3, 0.4) is 0 Å². The van der Waals surface area contributed by atoms with E-state index in [1.54, 1.807) is 13.8 Å². The summed E-state index contributed by atoms with van der Waals surface area (Å²) in [5, 5.41) is 0. The van der Waals surface area contributed by atoms with Crippen molar-refractivity contribution in [3.63, 3.8) is 0 Å². The number of rotatable bonds is 3. The summed E-state index contributed by atoms with van der Waals surface area (Å²) in [6.45, 7) is 4.71. The Balaban J connectivity index is 2.41. The smallest absolute Gasteiger partial charge is 0.410 e. The van der Waals surface area contributed by atoms with E-state index < -0.39 is 12.1 Å². The standard InChI is InChI=1S/C9H15NO4/c1-3-13-8(11)7-5-6-10(7)9(12)14-4-2/h7H,3-6H2,1-2H3. The van der Waals surface area contributed by atoms with Crippen molar-refractivity contribution in [1.82, 2.24) is 4.90 Å². The van der Waals surface area contributed by atoms with Crippen LogP contribution in [-0.4, -0.2) is 42.8 Å². The molecule has 0 N–H and O–H groups in total. The van der Waals surface area contributed by atoms with Gasteiger partial charge in [0.25, 0.3) is 0 Å². The molecule has 0 radical (unpaired) electrons. The van der Waals surface area contributed by atoms with Gasteiger partial charge in [-0.15, -0.1) is 0 Å². The first kappa shape index (κ1) is 10.8. The Morgan fingerprint density at radius 1 is 1.29 bits per heavy atom. The lowest BCUT2D eigenvalue weighted by Crippen LogP contribution is -2.55. The minimum Gasteiger partial charge on any atom is -0.464 e. The molecule has 1 rings (SSSR count). The third-order valence-electron chi connectivity index (χ3n) is 2.08. The Hall–Kier alpha value is -1.26. The van der Waals surface area contributed by atoms with Crippen LogP contribution >= 0.6 is 0 Å². The summed E-state index contributed by atoms with van der Waals surface area (Å²) in [5.41, 5.74) is 0. The Morgan fingerprint density at radius 3 is 2.36 bits per heavy atom. The molecule has 1 atom stereocenters. The number of nitrogens with zero attached hydrogens (tertiary/aromatic N) is 1. The maximum atomic E-state index is 11.3. The van der Waals surface area contributed by atoms with Crippen LogP contribution < -0.4 is 0 Å². The zero-order valence-corrected chi connectivity index (χ0v) is 8.49. The molecule has 0 spiro atoms. The Kier molecular flexibility index (Phi) is 3.73. The molecular weight excluding hydrogens is 186 g/mol. The lowest BCUT2D eigenvalue weighted by Gasteiger charge is -2.37. The van der Waals surface area contributed by atoms with Crippen molar-refractivity contribution < 1.29 is 19.1 Å². The van der Waals surface area contributed by atoms with Crippen molar-refractivity contribution >= 4 is 12.1 Å². The average Bonchev–Trinajstić information content (AvgIpc) is 2.02. The molecule has 1 amide bonds. The van der Waals surface area contributed by atoms with Crippen LogP contribution in [0, 0.1) is 0 Å². The zero-order chi connectivity index (χ0) is 10.6. The van der Waals surface area contributed by atoms with E-state index in [9.17, 15) is 9.59 Å². The molecule has 0 bridgehead atoms. The molecule has 0 aliphatic carbocycles. The summed E-state index contributed by atoms with van der Waals surface area (Å²) in [4.78, 5) is 23.9. The lowest BCUT2D eigenvalue weighted by molar-refractivity contribution is -0.153. The fourth-order valence-corrected chi connectivity index (χ4v) is 1.30. The van der Waals surface area contributed by atoms with E-state index in [1.807, 2.05) is 0 Å². The van der Waals surface area contributed by atoms with Crippen LogP contribution in [0.15, 0.2) is 0 Å². The van der Waals surface area contributed by atoms with Crippen molar-refractivity contribution in [2.45, 2.75) is 26.3 Å². The molecule has 1 heterocycles. The van der Waals surface area contributed by atoms with E-state index in [1.165, 1.54) is 4.90 Å². The quantitative estimate of drug-likeness (QED) is 0.633. The number of ether oxygens (including phenoxy) is 2. The third kappa shape index (κ3) is 2.16. The predicted octanol–water partition coefficient (Wildman–Crippen LogP) is 0.780. The van der Waals surface area contributed by atoms with Gasteiger partial charge in [0.1, 0.15) is 6.04 Å². The van der Waals surface area contributed by atoms with Gasteiger partial charge in [-0.2, -0.15) is 0 Å². The molecule has 5 nitrogen and oxygen atoms in total. The van der Waals surface area contributed by atoms with Crippen LogP contribution in [-0.2, 0) is 14.3 Å². The highest BCUT2D eigenvalue weighted by atomic mass is 16.6. The van der Waals surface area contributed by atoms with Gasteiger partial charge >= 0.3 is 12.1 Å². The second kappa shape index (κ2) is 4.83. The number of carbonyl (C=O) groups is 2. The van der Waals surface area contributed by atoms with E-state index in [0.717, 1.165) is 0 Å².